The minimum absolute atomic E-state index is 0.0682. The second kappa shape index (κ2) is 4.96. The Morgan fingerprint density at radius 2 is 1.32 bits per heavy atom. The Kier molecular flexibility index (Phi) is 2.61. The summed E-state index contributed by atoms with van der Waals surface area (Å²) in [6.45, 7) is 2.65. The van der Waals surface area contributed by atoms with Crippen molar-refractivity contribution < 1.29 is 4.79 Å². The van der Waals surface area contributed by atoms with Crippen LogP contribution in [-0.4, -0.2) is 15.0 Å². The van der Waals surface area contributed by atoms with Crippen LogP contribution in [0.4, 0.5) is 0 Å². The van der Waals surface area contributed by atoms with Gasteiger partial charge in [0.15, 0.2) is 0 Å². The van der Waals surface area contributed by atoms with E-state index in [0.29, 0.717) is 6.54 Å². The molecule has 28 heavy (non-hydrogen) atoms. The van der Waals surface area contributed by atoms with E-state index < -0.39 is 0 Å². The van der Waals surface area contributed by atoms with Crippen molar-refractivity contribution in [2.24, 2.45) is 0 Å². The number of carbonyl (C=O) groups excluding carboxylic acids is 1. The molecule has 2 aliphatic rings. The zero-order valence-corrected chi connectivity index (χ0v) is 15.5. The zero-order valence-electron chi connectivity index (χ0n) is 15.5. The number of carbonyl (C=O) groups is 1. The molecule has 4 nitrogen and oxygen atoms in total. The van der Waals surface area contributed by atoms with Crippen molar-refractivity contribution in [3.63, 3.8) is 0 Å². The summed E-state index contributed by atoms with van der Waals surface area (Å²) < 4.78 is 4.97. The number of aromatic nitrogens is 2. The van der Waals surface area contributed by atoms with Crippen LogP contribution in [0.3, 0.4) is 0 Å². The van der Waals surface area contributed by atoms with Crippen molar-refractivity contribution in [2.75, 3.05) is 0 Å². The topological polar surface area (TPSA) is 39.0 Å². The lowest BCUT2D eigenvalue weighted by Gasteiger charge is -2.16. The van der Waals surface area contributed by atoms with Crippen LogP contribution in [0.25, 0.3) is 43.6 Å². The maximum absolute atomic E-state index is 13.0. The summed E-state index contributed by atoms with van der Waals surface area (Å²) in [6, 6.07) is 17.3. The van der Waals surface area contributed by atoms with Gasteiger partial charge in [-0.05, 0) is 30.5 Å². The molecule has 136 valence electrons. The molecule has 2 aliphatic heterocycles. The van der Waals surface area contributed by atoms with Crippen LogP contribution in [0.15, 0.2) is 48.5 Å². The fraction of sp³-hybridized carbons (Fsp3) is 0.208. The summed E-state index contributed by atoms with van der Waals surface area (Å²) in [7, 11) is 0. The third kappa shape index (κ3) is 1.57. The molecule has 4 heteroatoms. The van der Waals surface area contributed by atoms with Gasteiger partial charge in [-0.2, -0.15) is 0 Å². The smallest absolute Gasteiger partial charge is 0.252 e. The quantitative estimate of drug-likeness (QED) is 0.415. The van der Waals surface area contributed by atoms with Crippen molar-refractivity contribution in [3.05, 3.63) is 59.7 Å². The van der Waals surface area contributed by atoms with E-state index in [-0.39, 0.29) is 5.91 Å². The maximum Gasteiger partial charge on any atom is 0.252 e. The number of benzene rings is 3. The second-order valence-corrected chi connectivity index (χ2v) is 8.03. The summed E-state index contributed by atoms with van der Waals surface area (Å²) in [4.78, 5) is 13.0. The lowest BCUT2D eigenvalue weighted by Crippen LogP contribution is -2.12. The van der Waals surface area contributed by atoms with E-state index in [9.17, 15) is 4.79 Å². The number of hydrogen-bond acceptors (Lipinski definition) is 1. The largest absolute Gasteiger partial charge is 0.348 e. The van der Waals surface area contributed by atoms with Gasteiger partial charge in [0.05, 0.1) is 16.6 Å². The minimum atomic E-state index is 0.0682. The average molecular weight is 365 g/mol. The molecule has 0 bridgehead atoms. The first-order valence-electron chi connectivity index (χ1n) is 10.1. The third-order valence-electron chi connectivity index (χ3n) is 6.69. The highest BCUT2D eigenvalue weighted by Gasteiger charge is 2.32. The van der Waals surface area contributed by atoms with E-state index in [1.807, 2.05) is 0 Å². The zero-order chi connectivity index (χ0) is 18.4. The molecule has 0 saturated heterocycles. The number of amides is 1. The Balaban J connectivity index is 1.91. The van der Waals surface area contributed by atoms with Crippen LogP contribution >= 0.6 is 0 Å². The average Bonchev–Trinajstić information content (AvgIpc) is 3.34. The van der Waals surface area contributed by atoms with Gasteiger partial charge in [0, 0.05) is 52.2 Å². The van der Waals surface area contributed by atoms with Crippen LogP contribution in [0.1, 0.15) is 28.8 Å². The lowest BCUT2D eigenvalue weighted by atomic mass is 9.97. The first-order chi connectivity index (χ1) is 13.8. The number of fused-ring (bicyclic) bond motifs is 9. The number of nitrogens with zero attached hydrogens (tertiary/aromatic N) is 2. The molecule has 0 atom stereocenters. The number of hydrogen-bond donors (Lipinski definition) is 1. The maximum atomic E-state index is 13.0. The van der Waals surface area contributed by atoms with Crippen LogP contribution < -0.4 is 5.32 Å². The summed E-state index contributed by atoms with van der Waals surface area (Å²) in [5, 5.41) is 7.99. The fourth-order valence-corrected chi connectivity index (χ4v) is 5.62. The summed E-state index contributed by atoms with van der Waals surface area (Å²) in [6.07, 6.45) is 2.31. The number of nitrogens with one attached hydrogen (secondary N) is 1. The van der Waals surface area contributed by atoms with E-state index in [1.54, 1.807) is 0 Å². The molecule has 0 aliphatic carbocycles. The van der Waals surface area contributed by atoms with E-state index in [2.05, 4.69) is 63.0 Å². The van der Waals surface area contributed by atoms with E-state index in [1.165, 1.54) is 43.8 Å². The Morgan fingerprint density at radius 3 is 2.00 bits per heavy atom. The predicted octanol–water partition coefficient (Wildman–Crippen LogP) is 4.94. The van der Waals surface area contributed by atoms with Gasteiger partial charge < -0.3 is 14.5 Å². The van der Waals surface area contributed by atoms with Gasteiger partial charge in [-0.3, -0.25) is 4.79 Å². The van der Waals surface area contributed by atoms with Gasteiger partial charge in [0.2, 0.25) is 0 Å². The third-order valence-corrected chi connectivity index (χ3v) is 6.69. The normalized spacial score (nSPS) is 16.2. The summed E-state index contributed by atoms with van der Waals surface area (Å²) in [5.74, 6) is 0.0682. The molecular weight excluding hydrogens is 346 g/mol. The molecule has 4 heterocycles. The van der Waals surface area contributed by atoms with Crippen LogP contribution in [0.5, 0.6) is 0 Å². The van der Waals surface area contributed by atoms with E-state index in [4.69, 9.17) is 0 Å². The molecule has 0 radical (unpaired) electrons. The first-order valence-corrected chi connectivity index (χ1v) is 10.1. The van der Waals surface area contributed by atoms with E-state index >= 15 is 0 Å². The van der Waals surface area contributed by atoms with Gasteiger partial charge in [-0.1, -0.05) is 36.4 Å². The van der Waals surface area contributed by atoms with Gasteiger partial charge in [0.1, 0.15) is 0 Å². The van der Waals surface area contributed by atoms with E-state index in [0.717, 1.165) is 36.9 Å². The number of rotatable bonds is 0. The number of aryl methyl sites for hydroxylation is 2. The summed E-state index contributed by atoms with van der Waals surface area (Å²) >= 11 is 0. The molecule has 5 aromatic rings. The van der Waals surface area contributed by atoms with Crippen molar-refractivity contribution in [3.8, 4) is 0 Å². The molecule has 0 unspecified atom stereocenters. The Morgan fingerprint density at radius 1 is 0.750 bits per heavy atom. The lowest BCUT2D eigenvalue weighted by molar-refractivity contribution is 0.0967. The monoisotopic (exact) mass is 365 g/mol. The SMILES string of the molecule is O=C1NCc2c1c1c3ccccc3n3c1c1c2c2ccccc2n1CCCC3. The Hall–Kier alpha value is -3.27. The molecule has 1 N–H and O–H groups in total. The number of para-hydroxylation sites is 2. The standard InChI is InChI=1S/C24H19N3O/c28-24-21-16(13-25-24)19-14-7-1-3-9-17(14)26-11-5-6-12-27-18-10-4-2-8-15(18)20(21)23(27)22(19)26/h1-4,7-10H,5-6,11-13H2,(H,25,28). The highest BCUT2D eigenvalue weighted by Crippen LogP contribution is 2.45. The minimum Gasteiger partial charge on any atom is -0.348 e. The molecule has 3 aromatic carbocycles. The van der Waals surface area contributed by atoms with Gasteiger partial charge in [-0.15, -0.1) is 0 Å². The predicted molar refractivity (Wildman–Crippen MR) is 113 cm³/mol. The highest BCUT2D eigenvalue weighted by atomic mass is 16.1. The second-order valence-electron chi connectivity index (χ2n) is 8.03. The van der Waals surface area contributed by atoms with Crippen molar-refractivity contribution in [1.29, 1.82) is 0 Å². The van der Waals surface area contributed by atoms with Gasteiger partial charge in [-0.25, -0.2) is 0 Å². The first kappa shape index (κ1) is 14.7. The molecule has 0 saturated carbocycles. The van der Waals surface area contributed by atoms with Crippen LogP contribution in [0, 0.1) is 0 Å². The Labute approximate surface area is 161 Å². The summed E-state index contributed by atoms with van der Waals surface area (Å²) in [5.41, 5.74) is 7.13. The molecule has 7 rings (SSSR count). The molecular formula is C24H19N3O. The van der Waals surface area contributed by atoms with Crippen molar-refractivity contribution in [1.82, 2.24) is 14.5 Å². The van der Waals surface area contributed by atoms with Crippen LogP contribution in [0.2, 0.25) is 0 Å². The van der Waals surface area contributed by atoms with Crippen molar-refractivity contribution >= 4 is 49.5 Å². The van der Waals surface area contributed by atoms with Gasteiger partial charge in [0.25, 0.3) is 5.91 Å². The molecule has 0 spiro atoms. The molecule has 1 amide bonds. The van der Waals surface area contributed by atoms with Crippen LogP contribution in [-0.2, 0) is 19.6 Å². The molecule has 2 aromatic heterocycles. The van der Waals surface area contributed by atoms with Gasteiger partial charge >= 0.3 is 0 Å². The fourth-order valence-electron chi connectivity index (χ4n) is 5.62. The molecule has 0 fully saturated rings. The Bertz CT molecular complexity index is 1480. The highest BCUT2D eigenvalue weighted by molar-refractivity contribution is 6.30. The van der Waals surface area contributed by atoms with Crippen molar-refractivity contribution in [2.45, 2.75) is 32.5 Å².